The first-order chi connectivity index (χ1) is 41.0. The minimum Gasteiger partial charge on any atom is -0.399 e. The summed E-state index contributed by atoms with van der Waals surface area (Å²) < 4.78 is 160. The van der Waals surface area contributed by atoms with Crippen molar-refractivity contribution >= 4 is 133 Å². The Morgan fingerprint density at radius 2 is 0.778 bits per heavy atom. The first kappa shape index (κ1) is 79.2. The summed E-state index contributed by atoms with van der Waals surface area (Å²) >= 11 is 5.50. The molecule has 0 aliphatic carbocycles. The molecule has 0 radical (unpaired) electrons. The molecule has 0 aliphatic heterocycles. The molecule has 0 saturated carbocycles. The van der Waals surface area contributed by atoms with Crippen LogP contribution in [-0.2, 0) is 83.3 Å². The number of nitrogens with two attached hydrogens (primary N) is 10. The quantitative estimate of drug-likeness (QED) is 0.0320. The molecule has 0 atom stereocenters. The third-order valence-corrected chi connectivity index (χ3v) is 15.7. The van der Waals surface area contributed by atoms with Crippen LogP contribution in [0, 0.1) is 30.3 Å². The van der Waals surface area contributed by atoms with Crippen molar-refractivity contribution in [3.05, 3.63) is 198 Å². The van der Waals surface area contributed by atoms with Gasteiger partial charge in [-0.3, -0.25) is 39.6 Å². The fourth-order valence-corrected chi connectivity index (χ4v) is 10.4. The molecule has 7 rings (SSSR count). The van der Waals surface area contributed by atoms with Crippen molar-refractivity contribution in [3.63, 3.8) is 0 Å². The number of rotatable bonds is 14. The Balaban J connectivity index is 0.000000541. The van der Waals surface area contributed by atoms with E-state index in [9.17, 15) is 89.3 Å². The Labute approximate surface area is 520 Å². The number of primary sulfonamides is 5. The lowest BCUT2D eigenvalue weighted by molar-refractivity contribution is -0.385. The van der Waals surface area contributed by atoms with Crippen LogP contribution in [0.4, 0.5) is 51.2 Å². The molecule has 0 aromatic heterocycles. The molecule has 23 N–H and O–H groups in total. The molecular formula is C46H58ClN15O21S7. The normalized spacial score (nSPS) is 11.3. The van der Waals surface area contributed by atoms with Crippen molar-refractivity contribution in [2.75, 3.05) is 45.5 Å². The number of hydrogen-bond acceptors (Lipinski definition) is 26. The van der Waals surface area contributed by atoms with Crippen molar-refractivity contribution in [1.82, 2.24) is 0 Å². The second kappa shape index (κ2) is 33.7. The summed E-state index contributed by atoms with van der Waals surface area (Å²) in [5, 5.41) is 58.6. The Kier molecular flexibility index (Phi) is 29.7. The molecule has 0 amide bonds. The lowest BCUT2D eigenvalue weighted by Crippen LogP contribution is -2.16. The van der Waals surface area contributed by atoms with Crippen LogP contribution in [0.1, 0.15) is 11.1 Å². The number of anilines is 6. The molecule has 36 nitrogen and oxygen atoms in total. The summed E-state index contributed by atoms with van der Waals surface area (Å²) in [6, 6.07) is 36.7. The Bertz CT molecular complexity index is 4430. The van der Waals surface area contributed by atoms with Crippen LogP contribution in [0.3, 0.4) is 0 Å². The highest BCUT2D eigenvalue weighted by Crippen LogP contribution is 2.28. The summed E-state index contributed by atoms with van der Waals surface area (Å²) in [6.45, 7) is 1.02. The van der Waals surface area contributed by atoms with E-state index in [-0.39, 0.29) is 65.2 Å². The second-order valence-corrected chi connectivity index (χ2v) is 28.5. The molecule has 0 spiro atoms. The molecule has 0 unspecified atom stereocenters. The topological polar surface area (TPSA) is 673 Å². The lowest BCUT2D eigenvalue weighted by atomic mass is 10.2. The number of benzene rings is 7. The van der Waals surface area contributed by atoms with Crippen molar-refractivity contribution in [2.24, 2.45) is 31.4 Å². The van der Waals surface area contributed by atoms with Gasteiger partial charge < -0.3 is 34.0 Å². The van der Waals surface area contributed by atoms with E-state index in [2.05, 4.69) is 10.0 Å². The molecule has 0 saturated heterocycles. The smallest absolute Gasteiger partial charge is 0.270 e. The van der Waals surface area contributed by atoms with Crippen molar-refractivity contribution in [2.45, 2.75) is 37.6 Å². The largest absolute Gasteiger partial charge is 0.399 e. The fraction of sp³-hybridized carbons (Fsp3) is 0.0870. The highest BCUT2D eigenvalue weighted by molar-refractivity contribution is 7.92. The number of nitro benzene ring substituents is 3. The highest BCUT2D eigenvalue weighted by atomic mass is 35.5. The minimum absolute atomic E-state index is 0.0402. The van der Waals surface area contributed by atoms with Crippen LogP contribution >= 0.6 is 11.6 Å². The number of non-ortho nitro benzene ring substituents is 3. The Morgan fingerprint density at radius 3 is 1.14 bits per heavy atom. The van der Waals surface area contributed by atoms with Gasteiger partial charge in [0.2, 0.25) is 60.1 Å². The van der Waals surface area contributed by atoms with E-state index in [4.69, 9.17) is 70.5 Å². The summed E-state index contributed by atoms with van der Waals surface area (Å²) in [5.41, 5.74) is 28.4. The summed E-state index contributed by atoms with van der Waals surface area (Å²) in [4.78, 5) is 27.6. The number of nitrogens with one attached hydrogen (secondary N) is 2. The maximum absolute atomic E-state index is 11.6. The lowest BCUT2D eigenvalue weighted by Gasteiger charge is -2.10. The van der Waals surface area contributed by atoms with Gasteiger partial charge in [-0.05, 0) is 65.7 Å². The van der Waals surface area contributed by atoms with E-state index in [1.54, 1.807) is 0 Å². The highest BCUT2D eigenvalue weighted by Gasteiger charge is 2.21. The van der Waals surface area contributed by atoms with Gasteiger partial charge >= 0.3 is 0 Å². The van der Waals surface area contributed by atoms with Crippen LogP contribution < -0.4 is 64.4 Å². The first-order valence-corrected chi connectivity index (χ1v) is 35.2. The van der Waals surface area contributed by atoms with Gasteiger partial charge in [0.25, 0.3) is 27.2 Å². The predicted octanol–water partition coefficient (Wildman–Crippen LogP) is 2.01. The molecule has 492 valence electrons. The molecule has 7 aromatic rings. The summed E-state index contributed by atoms with van der Waals surface area (Å²) in [7, 11) is -27.0. The maximum Gasteiger partial charge on any atom is 0.270 e. The van der Waals surface area contributed by atoms with E-state index in [1.165, 1.54) is 48.0 Å². The van der Waals surface area contributed by atoms with Crippen molar-refractivity contribution in [1.29, 1.82) is 0 Å². The van der Waals surface area contributed by atoms with Gasteiger partial charge in [0.15, 0.2) is 0 Å². The van der Waals surface area contributed by atoms with Crippen LogP contribution in [0.5, 0.6) is 0 Å². The van der Waals surface area contributed by atoms with Crippen LogP contribution in [0.25, 0.3) is 0 Å². The SMILES string of the molecule is CS(=O)(=O)Nc1ccc(N)c(S(N)(=O)=O)c1.CS(=O)(=O)O.NCc1ccccc1.NS(=O)(=O)c1cc([N+](=O)[O-])ccc1Cl.NS(=O)(=O)c1cc([N+](=O)[O-])ccc1NCc1ccccc1.Nc1ccc(N)c(S(N)(=O)=O)c1.Nc1ccc([N+](=O)[O-])cc1S(N)(=O)=O. The fourth-order valence-electron chi connectivity index (χ4n) is 5.98. The van der Waals surface area contributed by atoms with E-state index >= 15 is 0 Å². The van der Waals surface area contributed by atoms with Crippen molar-refractivity contribution in [3.8, 4) is 0 Å². The van der Waals surface area contributed by atoms with E-state index in [0.717, 1.165) is 60.4 Å². The zero-order valence-electron chi connectivity index (χ0n) is 46.3. The minimum atomic E-state index is -4.06. The molecule has 0 bridgehead atoms. The predicted molar refractivity (Wildman–Crippen MR) is 336 cm³/mol. The number of halogens is 1. The van der Waals surface area contributed by atoms with Gasteiger partial charge in [0, 0.05) is 60.9 Å². The van der Waals surface area contributed by atoms with E-state index < -0.39 is 94.8 Å². The molecule has 0 aliphatic rings. The van der Waals surface area contributed by atoms with Gasteiger partial charge in [0.05, 0.1) is 55.1 Å². The third kappa shape index (κ3) is 30.4. The standard InChI is InChI=1S/C13H13N3O4S.C7H11N3O4S2.C7H9N.C6H5ClN2O4S.C6H7N3O4S.C6H9N3O2S.CH4O3S/c14-21(19,20)13-8-11(16(17)18)6-7-12(13)15-9-10-4-2-1-3-5-10;1-15(11,12)10-5-2-3-6(8)7(4-5)16(9,13)14;8-6-7-4-2-1-3-5-7;2*7-5-2-1-4(9(10)11)3-6(5)14(8,12)13;7-4-1-2-5(8)6(3-4)12(9,10)11;1-5(2,3)4/h1-8,15H,9H2,(H2,14,19,20);2-4,10H,8H2,1H3,(H2,9,13,14);1-5H,6,8H2;1-3H,(H2,8,12,13);1-3H,7H2,(H2,8,12,13);1-3H,7-8H2,(H2,9,10,11);1H3,(H,2,3,4). The number of nitrogen functional groups attached to an aromatic ring is 4. The van der Waals surface area contributed by atoms with Crippen LogP contribution in [0.2, 0.25) is 5.02 Å². The second-order valence-electron chi connectivity index (χ2n) is 17.2. The number of hydrogen-bond donors (Lipinski definition) is 13. The molecule has 0 heterocycles. The Hall–Kier alpha value is -8.80. The number of nitro groups is 3. The molecule has 44 heteroatoms. The monoisotopic (exact) mass is 1420 g/mol. The average molecular weight is 1420 g/mol. The summed E-state index contributed by atoms with van der Waals surface area (Å²) in [6.07, 6.45) is 1.66. The van der Waals surface area contributed by atoms with Gasteiger partial charge in [-0.25, -0.2) is 76.2 Å². The first-order valence-electron chi connectivity index (χ1n) is 23.3. The summed E-state index contributed by atoms with van der Waals surface area (Å²) in [5.74, 6) is 0. The van der Waals surface area contributed by atoms with Gasteiger partial charge in [0.1, 0.15) is 24.5 Å². The van der Waals surface area contributed by atoms with Crippen LogP contribution in [0.15, 0.2) is 176 Å². The van der Waals surface area contributed by atoms with Crippen molar-refractivity contribution < 1.29 is 78.2 Å². The van der Waals surface area contributed by atoms with E-state index in [0.29, 0.717) is 25.0 Å². The Morgan fingerprint density at radius 1 is 0.444 bits per heavy atom. The maximum atomic E-state index is 11.6. The molecular weight excluding hydrogens is 1360 g/mol. The van der Waals surface area contributed by atoms with E-state index in [1.807, 2.05) is 60.7 Å². The number of sulfonamides is 6. The van der Waals surface area contributed by atoms with Gasteiger partial charge in [-0.1, -0.05) is 72.3 Å². The third-order valence-electron chi connectivity index (χ3n) is 9.80. The zero-order chi connectivity index (χ0) is 69.6. The zero-order valence-corrected chi connectivity index (χ0v) is 52.8. The molecule has 90 heavy (non-hydrogen) atoms. The van der Waals surface area contributed by atoms with Gasteiger partial charge in [-0.2, -0.15) is 8.42 Å². The van der Waals surface area contributed by atoms with Crippen LogP contribution in [-0.4, -0.2) is 90.8 Å². The van der Waals surface area contributed by atoms with Gasteiger partial charge in [-0.15, -0.1) is 0 Å². The molecule has 7 aromatic carbocycles. The number of nitrogens with zero attached hydrogens (tertiary/aromatic N) is 3. The molecule has 0 fully saturated rings. The average Bonchev–Trinajstić information content (AvgIpc) is 0.922.